The minimum atomic E-state index is -0.768. The van der Waals surface area contributed by atoms with Crippen LogP contribution in [-0.4, -0.2) is 15.9 Å². The van der Waals surface area contributed by atoms with Crippen LogP contribution in [-0.2, 0) is 0 Å². The first-order valence-electron chi connectivity index (χ1n) is 4.87. The maximum atomic E-state index is 13.6. The zero-order valence-corrected chi connectivity index (χ0v) is 9.78. The molecule has 0 fully saturated rings. The number of amides is 1. The lowest BCUT2D eigenvalue weighted by molar-refractivity contribution is 0.1000. The molecule has 92 valence electrons. The van der Waals surface area contributed by atoms with Gasteiger partial charge in [-0.3, -0.25) is 4.79 Å². The van der Waals surface area contributed by atoms with Gasteiger partial charge in [0, 0.05) is 17.3 Å². The second-order valence-electron chi connectivity index (χ2n) is 3.49. The molecule has 0 saturated carbocycles. The van der Waals surface area contributed by atoms with Gasteiger partial charge < -0.3 is 11.5 Å². The van der Waals surface area contributed by atoms with E-state index in [0.717, 1.165) is 6.20 Å². The van der Waals surface area contributed by atoms with Gasteiger partial charge in [-0.2, -0.15) is 4.39 Å². The van der Waals surface area contributed by atoms with Crippen molar-refractivity contribution in [3.05, 3.63) is 41.1 Å². The molecule has 0 aliphatic rings. The van der Waals surface area contributed by atoms with Crippen LogP contribution in [0.25, 0.3) is 11.1 Å². The van der Waals surface area contributed by atoms with Crippen molar-refractivity contribution < 1.29 is 9.18 Å². The van der Waals surface area contributed by atoms with E-state index in [1.807, 2.05) is 0 Å². The van der Waals surface area contributed by atoms with Crippen molar-refractivity contribution in [3.63, 3.8) is 0 Å². The highest BCUT2D eigenvalue weighted by atomic mass is 35.5. The zero-order chi connectivity index (χ0) is 13.3. The number of hydrogen-bond donors (Lipinski definition) is 2. The molecule has 7 heteroatoms. The molecule has 0 unspecified atom stereocenters. The van der Waals surface area contributed by atoms with E-state index in [4.69, 9.17) is 23.1 Å². The van der Waals surface area contributed by atoms with Crippen LogP contribution < -0.4 is 11.5 Å². The summed E-state index contributed by atoms with van der Waals surface area (Å²) in [6, 6.07) is 4.23. The lowest BCUT2D eigenvalue weighted by atomic mass is 10.1. The maximum Gasteiger partial charge on any atom is 0.250 e. The van der Waals surface area contributed by atoms with E-state index in [-0.39, 0.29) is 22.1 Å². The van der Waals surface area contributed by atoms with Crippen molar-refractivity contribution >= 4 is 23.3 Å². The SMILES string of the molecule is NC(=O)c1cnc(F)c(-c2ccc(Cl)nc2N)c1. The molecule has 0 aromatic carbocycles. The monoisotopic (exact) mass is 266 g/mol. The Bertz CT molecular complexity index is 632. The summed E-state index contributed by atoms with van der Waals surface area (Å²) in [7, 11) is 0. The predicted octanol–water partition coefficient (Wildman–Crippen LogP) is 1.62. The Hall–Kier alpha value is -2.21. The van der Waals surface area contributed by atoms with E-state index in [1.54, 1.807) is 0 Å². The molecule has 0 saturated heterocycles. The number of carbonyl (C=O) groups is 1. The van der Waals surface area contributed by atoms with E-state index >= 15 is 0 Å². The number of pyridine rings is 2. The van der Waals surface area contributed by atoms with E-state index in [1.165, 1.54) is 18.2 Å². The molecular weight excluding hydrogens is 259 g/mol. The normalized spacial score (nSPS) is 10.3. The summed E-state index contributed by atoms with van der Waals surface area (Å²) in [6.45, 7) is 0. The van der Waals surface area contributed by atoms with Gasteiger partial charge in [-0.25, -0.2) is 9.97 Å². The van der Waals surface area contributed by atoms with Gasteiger partial charge in [-0.15, -0.1) is 0 Å². The van der Waals surface area contributed by atoms with Crippen LogP contribution in [0.3, 0.4) is 0 Å². The van der Waals surface area contributed by atoms with Gasteiger partial charge in [0.05, 0.1) is 5.56 Å². The fraction of sp³-hybridized carbons (Fsp3) is 0. The van der Waals surface area contributed by atoms with Gasteiger partial charge in [0.1, 0.15) is 11.0 Å². The van der Waals surface area contributed by atoms with Crippen molar-refractivity contribution in [1.29, 1.82) is 0 Å². The number of anilines is 1. The first-order valence-corrected chi connectivity index (χ1v) is 5.24. The minimum Gasteiger partial charge on any atom is -0.383 e. The smallest absolute Gasteiger partial charge is 0.250 e. The van der Waals surface area contributed by atoms with E-state index in [2.05, 4.69) is 9.97 Å². The molecule has 2 aromatic heterocycles. The zero-order valence-electron chi connectivity index (χ0n) is 9.02. The molecule has 18 heavy (non-hydrogen) atoms. The molecule has 1 amide bonds. The third-order valence-corrected chi connectivity index (χ3v) is 2.52. The van der Waals surface area contributed by atoms with Crippen molar-refractivity contribution in [2.75, 3.05) is 5.73 Å². The Morgan fingerprint density at radius 3 is 2.67 bits per heavy atom. The Morgan fingerprint density at radius 2 is 2.06 bits per heavy atom. The lowest BCUT2D eigenvalue weighted by Crippen LogP contribution is -2.12. The first-order chi connectivity index (χ1) is 8.49. The molecule has 2 heterocycles. The molecule has 5 nitrogen and oxygen atoms in total. The Morgan fingerprint density at radius 1 is 1.33 bits per heavy atom. The largest absolute Gasteiger partial charge is 0.383 e. The quantitative estimate of drug-likeness (QED) is 0.808. The molecule has 0 bridgehead atoms. The summed E-state index contributed by atoms with van der Waals surface area (Å²) < 4.78 is 13.6. The van der Waals surface area contributed by atoms with Crippen molar-refractivity contribution in [2.45, 2.75) is 0 Å². The van der Waals surface area contributed by atoms with Gasteiger partial charge in [-0.05, 0) is 18.2 Å². The topological polar surface area (TPSA) is 94.9 Å². The Balaban J connectivity index is 2.62. The molecule has 0 atom stereocenters. The fourth-order valence-electron chi connectivity index (χ4n) is 1.45. The van der Waals surface area contributed by atoms with Crippen LogP contribution in [0.4, 0.5) is 10.2 Å². The number of halogens is 2. The molecule has 2 rings (SSSR count). The number of nitrogen functional groups attached to an aromatic ring is 1. The van der Waals surface area contributed by atoms with Crippen molar-refractivity contribution in [2.24, 2.45) is 5.73 Å². The van der Waals surface area contributed by atoms with Crippen LogP contribution in [0.2, 0.25) is 5.15 Å². The van der Waals surface area contributed by atoms with Gasteiger partial charge >= 0.3 is 0 Å². The Kier molecular flexibility index (Phi) is 3.12. The van der Waals surface area contributed by atoms with Gasteiger partial charge in [0.2, 0.25) is 11.9 Å². The van der Waals surface area contributed by atoms with Crippen LogP contribution in [0.15, 0.2) is 24.4 Å². The minimum absolute atomic E-state index is 0.0461. The molecule has 0 aliphatic heterocycles. The molecule has 0 aliphatic carbocycles. The second-order valence-corrected chi connectivity index (χ2v) is 3.88. The maximum absolute atomic E-state index is 13.6. The number of nitrogens with two attached hydrogens (primary N) is 2. The average Bonchev–Trinajstić information content (AvgIpc) is 2.30. The van der Waals surface area contributed by atoms with Crippen molar-refractivity contribution in [1.82, 2.24) is 9.97 Å². The highest BCUT2D eigenvalue weighted by Gasteiger charge is 2.13. The highest BCUT2D eigenvalue weighted by Crippen LogP contribution is 2.28. The van der Waals surface area contributed by atoms with Crippen LogP contribution >= 0.6 is 11.6 Å². The van der Waals surface area contributed by atoms with Crippen LogP contribution in [0.1, 0.15) is 10.4 Å². The number of hydrogen-bond acceptors (Lipinski definition) is 4. The molecular formula is C11H8ClFN4O. The van der Waals surface area contributed by atoms with E-state index in [0.29, 0.717) is 5.56 Å². The second kappa shape index (κ2) is 4.58. The van der Waals surface area contributed by atoms with Gasteiger partial charge in [-0.1, -0.05) is 11.6 Å². The molecule has 2 aromatic rings. The first kappa shape index (κ1) is 12.3. The molecule has 0 spiro atoms. The van der Waals surface area contributed by atoms with E-state index in [9.17, 15) is 9.18 Å². The number of carbonyl (C=O) groups excluding carboxylic acids is 1. The fourth-order valence-corrected chi connectivity index (χ4v) is 1.60. The lowest BCUT2D eigenvalue weighted by Gasteiger charge is -2.07. The summed E-state index contributed by atoms with van der Waals surface area (Å²) in [6.07, 6.45) is 1.06. The summed E-state index contributed by atoms with van der Waals surface area (Å²) in [5.74, 6) is -1.43. The Labute approximate surface area is 107 Å². The average molecular weight is 267 g/mol. The number of nitrogens with zero attached hydrogens (tertiary/aromatic N) is 2. The van der Waals surface area contributed by atoms with Gasteiger partial charge in [0.25, 0.3) is 0 Å². The van der Waals surface area contributed by atoms with Crippen molar-refractivity contribution in [3.8, 4) is 11.1 Å². The van der Waals surface area contributed by atoms with E-state index < -0.39 is 11.9 Å². The third-order valence-electron chi connectivity index (χ3n) is 2.30. The number of aromatic nitrogens is 2. The standard InChI is InChI=1S/C11H8ClFN4O/c12-8-2-1-6(10(14)17-8)7-3-5(11(15)18)4-16-9(7)13/h1-4H,(H2,14,17)(H2,15,18). The summed E-state index contributed by atoms with van der Waals surface area (Å²) in [4.78, 5) is 18.3. The summed E-state index contributed by atoms with van der Waals surface area (Å²) in [5.41, 5.74) is 11.2. The molecule has 0 radical (unpaired) electrons. The van der Waals surface area contributed by atoms with Crippen LogP contribution in [0, 0.1) is 5.95 Å². The van der Waals surface area contributed by atoms with Crippen LogP contribution in [0.5, 0.6) is 0 Å². The highest BCUT2D eigenvalue weighted by molar-refractivity contribution is 6.29. The summed E-state index contributed by atoms with van der Waals surface area (Å²) >= 11 is 5.65. The molecule has 4 N–H and O–H groups in total. The predicted molar refractivity (Wildman–Crippen MR) is 65.4 cm³/mol. The number of rotatable bonds is 2. The third kappa shape index (κ3) is 2.23. The van der Waals surface area contributed by atoms with Gasteiger partial charge in [0.15, 0.2) is 0 Å². The summed E-state index contributed by atoms with van der Waals surface area (Å²) in [5, 5.41) is 0.190. The number of primary amides is 1.